The van der Waals surface area contributed by atoms with Crippen LogP contribution in [0.3, 0.4) is 0 Å². The summed E-state index contributed by atoms with van der Waals surface area (Å²) in [5, 5.41) is 4.44. The van der Waals surface area contributed by atoms with Gasteiger partial charge in [-0.15, -0.1) is 0 Å². The first-order chi connectivity index (χ1) is 9.22. The van der Waals surface area contributed by atoms with Gasteiger partial charge in [0.05, 0.1) is 29.0 Å². The number of nitrogens with zero attached hydrogens (tertiary/aromatic N) is 2. The molecule has 0 radical (unpaired) electrons. The molecule has 0 saturated heterocycles. The number of hydroxylamine groups is 1. The van der Waals surface area contributed by atoms with Crippen molar-refractivity contribution in [3.8, 4) is 0 Å². The van der Waals surface area contributed by atoms with Crippen LogP contribution in [0.4, 0.5) is 0 Å². The van der Waals surface area contributed by atoms with Crippen LogP contribution in [0.15, 0.2) is 34.8 Å². The van der Waals surface area contributed by atoms with Gasteiger partial charge in [0.2, 0.25) is 0 Å². The lowest BCUT2D eigenvalue weighted by Crippen LogP contribution is -2.17. The molecule has 0 atom stereocenters. The second kappa shape index (κ2) is 6.84. The summed E-state index contributed by atoms with van der Waals surface area (Å²) in [6, 6.07) is 10.1. The van der Waals surface area contributed by atoms with E-state index in [1.54, 1.807) is 0 Å². The third kappa shape index (κ3) is 3.65. The van der Waals surface area contributed by atoms with E-state index in [9.17, 15) is 0 Å². The number of nitrogens with one attached hydrogen (secondary N) is 1. The lowest BCUT2D eigenvalue weighted by molar-refractivity contribution is 0.0220. The first-order valence-corrected chi connectivity index (χ1v) is 7.12. The summed E-state index contributed by atoms with van der Waals surface area (Å²) in [7, 11) is 0. The minimum absolute atomic E-state index is 0.553. The first kappa shape index (κ1) is 14.2. The van der Waals surface area contributed by atoms with Crippen molar-refractivity contribution in [1.29, 1.82) is 0 Å². The highest BCUT2D eigenvalue weighted by molar-refractivity contribution is 9.10. The molecular formula is C14H18BrN3O. The predicted molar refractivity (Wildman–Crippen MR) is 78.4 cm³/mol. The first-order valence-electron chi connectivity index (χ1n) is 6.32. The Balaban J connectivity index is 1.86. The van der Waals surface area contributed by atoms with Crippen LogP contribution in [0.1, 0.15) is 23.9 Å². The molecule has 2 aromatic rings. The van der Waals surface area contributed by atoms with Crippen molar-refractivity contribution in [2.24, 2.45) is 0 Å². The van der Waals surface area contributed by atoms with E-state index in [1.807, 2.05) is 41.9 Å². The van der Waals surface area contributed by atoms with Crippen LogP contribution in [0.5, 0.6) is 0 Å². The summed E-state index contributed by atoms with van der Waals surface area (Å²) < 4.78 is 3.02. The third-order valence-electron chi connectivity index (χ3n) is 2.88. The van der Waals surface area contributed by atoms with Crippen LogP contribution >= 0.6 is 15.9 Å². The van der Waals surface area contributed by atoms with Crippen molar-refractivity contribution in [1.82, 2.24) is 15.3 Å². The van der Waals surface area contributed by atoms with Crippen LogP contribution in [0.25, 0.3) is 0 Å². The fraction of sp³-hybridized carbons (Fsp3) is 0.357. The molecule has 4 nitrogen and oxygen atoms in total. The van der Waals surface area contributed by atoms with Gasteiger partial charge in [0.1, 0.15) is 0 Å². The molecule has 0 bridgehead atoms. The highest BCUT2D eigenvalue weighted by Crippen LogP contribution is 2.20. The standard InChI is InChI=1S/C14H18BrN3O/c1-3-18-13(14(15)11(2)17-18)9-16-19-10-12-7-5-4-6-8-12/h4-8,16H,3,9-10H2,1-2H3. The summed E-state index contributed by atoms with van der Waals surface area (Å²) in [5.41, 5.74) is 6.24. The zero-order chi connectivity index (χ0) is 13.7. The van der Waals surface area contributed by atoms with Crippen LogP contribution in [-0.2, 0) is 24.5 Å². The molecular weight excluding hydrogens is 306 g/mol. The molecule has 0 aliphatic carbocycles. The Morgan fingerprint density at radius 2 is 2.05 bits per heavy atom. The molecule has 0 fully saturated rings. The van der Waals surface area contributed by atoms with Crippen molar-refractivity contribution in [3.63, 3.8) is 0 Å². The second-order valence-electron chi connectivity index (χ2n) is 4.26. The molecule has 19 heavy (non-hydrogen) atoms. The van der Waals surface area contributed by atoms with Gasteiger partial charge < -0.3 is 0 Å². The molecule has 0 amide bonds. The van der Waals surface area contributed by atoms with Gasteiger partial charge in [-0.25, -0.2) is 0 Å². The zero-order valence-corrected chi connectivity index (χ0v) is 12.8. The van der Waals surface area contributed by atoms with E-state index in [2.05, 4.69) is 33.4 Å². The van der Waals surface area contributed by atoms with E-state index in [1.165, 1.54) is 0 Å². The average Bonchev–Trinajstić information content (AvgIpc) is 2.72. The Labute approximate surface area is 121 Å². The molecule has 1 aromatic heterocycles. The van der Waals surface area contributed by atoms with E-state index >= 15 is 0 Å². The van der Waals surface area contributed by atoms with E-state index in [4.69, 9.17) is 4.84 Å². The SMILES string of the molecule is CCn1nc(C)c(Br)c1CNOCc1ccccc1. The molecule has 1 heterocycles. The summed E-state index contributed by atoms with van der Waals surface area (Å²) in [6.45, 7) is 6.10. The average molecular weight is 324 g/mol. The summed E-state index contributed by atoms with van der Waals surface area (Å²) >= 11 is 3.56. The number of aromatic nitrogens is 2. The Kier molecular flexibility index (Phi) is 5.13. The van der Waals surface area contributed by atoms with Crippen molar-refractivity contribution < 1.29 is 4.84 Å². The van der Waals surface area contributed by atoms with Crippen LogP contribution in [0, 0.1) is 6.92 Å². The second-order valence-corrected chi connectivity index (χ2v) is 5.05. The Morgan fingerprint density at radius 3 is 2.74 bits per heavy atom. The largest absolute Gasteiger partial charge is 0.297 e. The molecule has 0 spiro atoms. The molecule has 0 saturated carbocycles. The van der Waals surface area contributed by atoms with Gasteiger partial charge in [-0.3, -0.25) is 9.52 Å². The lowest BCUT2D eigenvalue weighted by atomic mass is 10.2. The molecule has 102 valence electrons. The molecule has 2 rings (SSSR count). The predicted octanol–water partition coefficient (Wildman–Crippen LogP) is 3.20. The van der Waals surface area contributed by atoms with Crippen molar-refractivity contribution in [3.05, 3.63) is 51.8 Å². The van der Waals surface area contributed by atoms with Gasteiger partial charge in [0.25, 0.3) is 0 Å². The van der Waals surface area contributed by atoms with E-state index in [-0.39, 0.29) is 0 Å². The molecule has 1 N–H and O–H groups in total. The van der Waals surface area contributed by atoms with Crippen LogP contribution < -0.4 is 5.48 Å². The normalized spacial score (nSPS) is 10.9. The molecule has 0 aliphatic heterocycles. The number of halogens is 1. The van der Waals surface area contributed by atoms with Crippen LogP contribution in [0.2, 0.25) is 0 Å². The maximum absolute atomic E-state index is 5.48. The topological polar surface area (TPSA) is 39.1 Å². The molecule has 1 aromatic carbocycles. The minimum atomic E-state index is 0.553. The van der Waals surface area contributed by atoms with Crippen LogP contribution in [-0.4, -0.2) is 9.78 Å². The van der Waals surface area contributed by atoms with Crippen molar-refractivity contribution in [2.75, 3.05) is 0 Å². The van der Waals surface area contributed by atoms with Gasteiger partial charge in [-0.05, 0) is 35.3 Å². The fourth-order valence-corrected chi connectivity index (χ4v) is 2.29. The highest BCUT2D eigenvalue weighted by atomic mass is 79.9. The monoisotopic (exact) mass is 323 g/mol. The van der Waals surface area contributed by atoms with Gasteiger partial charge >= 0.3 is 0 Å². The molecule has 5 heteroatoms. The number of rotatable bonds is 6. The maximum atomic E-state index is 5.48. The molecule has 0 aliphatic rings. The highest BCUT2D eigenvalue weighted by Gasteiger charge is 2.11. The van der Waals surface area contributed by atoms with Gasteiger partial charge in [-0.2, -0.15) is 10.6 Å². The quantitative estimate of drug-likeness (QED) is 0.655. The smallest absolute Gasteiger partial charge is 0.0933 e. The Bertz CT molecular complexity index is 525. The van der Waals surface area contributed by atoms with Gasteiger partial charge in [-0.1, -0.05) is 30.3 Å². The number of hydrogen-bond donors (Lipinski definition) is 1. The summed E-state index contributed by atoms with van der Waals surface area (Å²) in [4.78, 5) is 5.48. The van der Waals surface area contributed by atoms with Gasteiger partial charge in [0.15, 0.2) is 0 Å². The summed E-state index contributed by atoms with van der Waals surface area (Å²) in [6.07, 6.45) is 0. The van der Waals surface area contributed by atoms with Gasteiger partial charge in [0, 0.05) is 6.54 Å². The van der Waals surface area contributed by atoms with E-state index in [0.717, 1.165) is 28.0 Å². The Morgan fingerprint density at radius 1 is 1.32 bits per heavy atom. The maximum Gasteiger partial charge on any atom is 0.0933 e. The van der Waals surface area contributed by atoms with Crippen molar-refractivity contribution in [2.45, 2.75) is 33.5 Å². The third-order valence-corrected chi connectivity index (χ3v) is 3.91. The fourth-order valence-electron chi connectivity index (χ4n) is 1.87. The van der Waals surface area contributed by atoms with Crippen molar-refractivity contribution >= 4 is 15.9 Å². The number of hydrogen-bond acceptors (Lipinski definition) is 3. The number of benzene rings is 1. The minimum Gasteiger partial charge on any atom is -0.297 e. The van der Waals surface area contributed by atoms with E-state index < -0.39 is 0 Å². The number of aryl methyl sites for hydroxylation is 2. The molecule has 0 unspecified atom stereocenters. The Hall–Kier alpha value is -1.17. The zero-order valence-electron chi connectivity index (χ0n) is 11.2. The lowest BCUT2D eigenvalue weighted by Gasteiger charge is -2.08. The van der Waals surface area contributed by atoms with E-state index in [0.29, 0.717) is 13.2 Å². The summed E-state index contributed by atoms with van der Waals surface area (Å²) in [5.74, 6) is 0.